The van der Waals surface area contributed by atoms with Crippen LogP contribution in [-0.4, -0.2) is 19.1 Å². The van der Waals surface area contributed by atoms with E-state index in [0.29, 0.717) is 5.82 Å². The van der Waals surface area contributed by atoms with E-state index in [0.717, 1.165) is 67.3 Å². The molecule has 0 aliphatic carbocycles. The molecule has 0 saturated carbocycles. The van der Waals surface area contributed by atoms with Crippen LogP contribution in [0.25, 0.3) is 99.7 Å². The average molecular weight is 856 g/mol. The van der Waals surface area contributed by atoms with Crippen molar-refractivity contribution in [2.24, 2.45) is 0 Å². The second kappa shape index (κ2) is 15.9. The molecule has 10 aromatic carbocycles. The highest BCUT2D eigenvalue weighted by Crippen LogP contribution is 2.40. The largest absolute Gasteiger partial charge is 0.310 e. The summed E-state index contributed by atoms with van der Waals surface area (Å²) in [6, 6.07) is 88.5. The molecule has 0 atom stereocenters. The van der Waals surface area contributed by atoms with E-state index < -0.39 is 0 Å². The smallest absolute Gasteiger partial charge is 0.160 e. The third-order valence-electron chi connectivity index (χ3n) is 13.1. The number of fused-ring (bicyclic) bond motifs is 7. The van der Waals surface area contributed by atoms with Gasteiger partial charge in [-0.05, 0) is 108 Å². The molecule has 0 amide bonds. The van der Waals surface area contributed by atoms with Crippen LogP contribution in [0.4, 0.5) is 17.1 Å². The van der Waals surface area contributed by atoms with E-state index in [-0.39, 0.29) is 0 Å². The summed E-state index contributed by atoms with van der Waals surface area (Å²) in [5.74, 6) is 0.678. The van der Waals surface area contributed by atoms with E-state index in [4.69, 9.17) is 9.97 Å². The standard InChI is InChI=1S/C62H41N5/c1-4-16-46(17-5-1)65(47-18-6-2-7-19-47)50-37-38-56-55(41-50)61(43-32-35-49(36-33-43)67-57-25-13-10-22-51(57)52-23-11-14-26-58(52)67)64-62(63-56)44-30-28-42(29-31-44)45-34-39-60-54(40-45)53-24-12-15-27-59(53)66(60)48-20-8-3-9-21-48/h1-41H. The van der Waals surface area contributed by atoms with Crippen LogP contribution in [0.5, 0.6) is 0 Å². The lowest BCUT2D eigenvalue weighted by atomic mass is 10.0. The Balaban J connectivity index is 0.934. The molecule has 5 heteroatoms. The number of rotatable bonds is 8. The number of benzene rings is 10. The van der Waals surface area contributed by atoms with E-state index in [2.05, 4.69) is 263 Å². The molecule has 0 fully saturated rings. The molecule has 3 heterocycles. The summed E-state index contributed by atoms with van der Waals surface area (Å²) in [7, 11) is 0. The van der Waals surface area contributed by atoms with Gasteiger partial charge in [-0.3, -0.25) is 0 Å². The van der Waals surface area contributed by atoms with Crippen molar-refractivity contribution in [2.45, 2.75) is 0 Å². The topological polar surface area (TPSA) is 38.9 Å². The van der Waals surface area contributed by atoms with Crippen molar-refractivity contribution in [3.63, 3.8) is 0 Å². The van der Waals surface area contributed by atoms with Gasteiger partial charge in [0.2, 0.25) is 0 Å². The summed E-state index contributed by atoms with van der Waals surface area (Å²) in [5.41, 5.74) is 16.2. The molecule has 0 aliphatic rings. The predicted molar refractivity (Wildman–Crippen MR) is 279 cm³/mol. The van der Waals surface area contributed by atoms with Gasteiger partial charge in [-0.15, -0.1) is 0 Å². The number of para-hydroxylation sites is 6. The number of hydrogen-bond acceptors (Lipinski definition) is 3. The first-order valence-electron chi connectivity index (χ1n) is 22.7. The van der Waals surface area contributed by atoms with Crippen LogP contribution in [0, 0.1) is 0 Å². The Morgan fingerprint density at radius 1 is 0.284 bits per heavy atom. The maximum absolute atomic E-state index is 5.45. The summed E-state index contributed by atoms with van der Waals surface area (Å²) in [6.45, 7) is 0. The van der Waals surface area contributed by atoms with Gasteiger partial charge in [0.25, 0.3) is 0 Å². The fourth-order valence-corrected chi connectivity index (χ4v) is 9.99. The number of anilines is 3. The highest BCUT2D eigenvalue weighted by molar-refractivity contribution is 6.11. The zero-order valence-corrected chi connectivity index (χ0v) is 36.4. The van der Waals surface area contributed by atoms with E-state index in [1.807, 2.05) is 0 Å². The summed E-state index contributed by atoms with van der Waals surface area (Å²) < 4.78 is 4.71. The number of aromatic nitrogens is 4. The Hall–Kier alpha value is -9.06. The molecule has 0 radical (unpaired) electrons. The predicted octanol–water partition coefficient (Wildman–Crippen LogP) is 16.3. The van der Waals surface area contributed by atoms with Gasteiger partial charge >= 0.3 is 0 Å². The molecule has 314 valence electrons. The maximum Gasteiger partial charge on any atom is 0.160 e. The first kappa shape index (κ1) is 38.4. The fraction of sp³-hybridized carbons (Fsp3) is 0. The Kier molecular flexibility index (Phi) is 9.10. The van der Waals surface area contributed by atoms with Gasteiger partial charge in [0.1, 0.15) is 0 Å². The van der Waals surface area contributed by atoms with E-state index in [9.17, 15) is 0 Å². The Bertz CT molecular complexity index is 3860. The lowest BCUT2D eigenvalue weighted by Gasteiger charge is -2.26. The SMILES string of the molecule is c1ccc(N(c2ccccc2)c2ccc3nc(-c4ccc(-c5ccc6c(c5)c5ccccc5n6-c5ccccc5)cc4)nc(-c4ccc(-n5c6ccccc6c6ccccc65)cc4)c3c2)cc1. The van der Waals surface area contributed by atoms with Crippen LogP contribution in [0.1, 0.15) is 0 Å². The highest BCUT2D eigenvalue weighted by Gasteiger charge is 2.19. The van der Waals surface area contributed by atoms with Gasteiger partial charge in [0, 0.05) is 66.5 Å². The normalized spacial score (nSPS) is 11.6. The molecule has 0 saturated heterocycles. The van der Waals surface area contributed by atoms with Crippen molar-refractivity contribution < 1.29 is 0 Å². The zero-order valence-electron chi connectivity index (χ0n) is 36.4. The molecule has 5 nitrogen and oxygen atoms in total. The van der Waals surface area contributed by atoms with Gasteiger partial charge in [-0.1, -0.05) is 152 Å². The third-order valence-corrected chi connectivity index (χ3v) is 13.1. The van der Waals surface area contributed by atoms with Gasteiger partial charge < -0.3 is 14.0 Å². The molecule has 0 N–H and O–H groups in total. The monoisotopic (exact) mass is 855 g/mol. The lowest BCUT2D eigenvalue weighted by molar-refractivity contribution is 1.18. The maximum atomic E-state index is 5.45. The molecule has 3 aromatic heterocycles. The van der Waals surface area contributed by atoms with Crippen molar-refractivity contribution in [2.75, 3.05) is 4.90 Å². The second-order valence-corrected chi connectivity index (χ2v) is 17.0. The Morgan fingerprint density at radius 3 is 1.34 bits per heavy atom. The van der Waals surface area contributed by atoms with Gasteiger partial charge in [-0.25, -0.2) is 9.97 Å². The summed E-state index contributed by atoms with van der Waals surface area (Å²) in [6.07, 6.45) is 0. The average Bonchev–Trinajstić information content (AvgIpc) is 3.92. The minimum Gasteiger partial charge on any atom is -0.310 e. The molecular weight excluding hydrogens is 815 g/mol. The van der Waals surface area contributed by atoms with Crippen molar-refractivity contribution in [3.05, 3.63) is 249 Å². The number of hydrogen-bond donors (Lipinski definition) is 0. The molecule has 0 spiro atoms. The van der Waals surface area contributed by atoms with Crippen LogP contribution in [0.2, 0.25) is 0 Å². The molecule has 0 bridgehead atoms. The highest BCUT2D eigenvalue weighted by atomic mass is 15.1. The van der Waals surface area contributed by atoms with E-state index >= 15 is 0 Å². The van der Waals surface area contributed by atoms with Crippen LogP contribution in [0.15, 0.2) is 249 Å². The van der Waals surface area contributed by atoms with Crippen molar-refractivity contribution >= 4 is 71.6 Å². The van der Waals surface area contributed by atoms with E-state index in [1.54, 1.807) is 0 Å². The molecule has 0 unspecified atom stereocenters. The summed E-state index contributed by atoms with van der Waals surface area (Å²) >= 11 is 0. The summed E-state index contributed by atoms with van der Waals surface area (Å²) in [5, 5.41) is 5.92. The molecule has 67 heavy (non-hydrogen) atoms. The van der Waals surface area contributed by atoms with E-state index in [1.165, 1.54) is 43.6 Å². The molecule has 13 rings (SSSR count). The minimum absolute atomic E-state index is 0.678. The zero-order chi connectivity index (χ0) is 44.3. The molecular formula is C62H41N5. The summed E-state index contributed by atoms with van der Waals surface area (Å²) in [4.78, 5) is 13.0. The Morgan fingerprint density at radius 2 is 0.746 bits per heavy atom. The fourth-order valence-electron chi connectivity index (χ4n) is 9.99. The Labute approximate surface area is 387 Å². The molecule has 0 aliphatic heterocycles. The quantitative estimate of drug-likeness (QED) is 0.153. The van der Waals surface area contributed by atoms with Crippen molar-refractivity contribution in [1.82, 2.24) is 19.1 Å². The first-order chi connectivity index (χ1) is 33.2. The lowest BCUT2D eigenvalue weighted by Crippen LogP contribution is -2.10. The van der Waals surface area contributed by atoms with Crippen LogP contribution >= 0.6 is 0 Å². The van der Waals surface area contributed by atoms with Gasteiger partial charge in [0.05, 0.1) is 33.3 Å². The van der Waals surface area contributed by atoms with Gasteiger partial charge in [-0.2, -0.15) is 0 Å². The number of nitrogens with zero attached hydrogens (tertiary/aromatic N) is 5. The molecule has 13 aromatic rings. The van der Waals surface area contributed by atoms with Gasteiger partial charge in [0.15, 0.2) is 5.82 Å². The van der Waals surface area contributed by atoms with Crippen molar-refractivity contribution in [1.29, 1.82) is 0 Å². The first-order valence-corrected chi connectivity index (χ1v) is 22.7. The van der Waals surface area contributed by atoms with Crippen LogP contribution in [0.3, 0.4) is 0 Å². The van der Waals surface area contributed by atoms with Crippen molar-refractivity contribution in [3.8, 4) is 45.1 Å². The second-order valence-electron chi connectivity index (χ2n) is 17.0. The minimum atomic E-state index is 0.678. The van der Waals surface area contributed by atoms with Crippen LogP contribution in [-0.2, 0) is 0 Å². The van der Waals surface area contributed by atoms with Crippen LogP contribution < -0.4 is 4.90 Å². The third kappa shape index (κ3) is 6.55.